The molecule has 3 nitrogen and oxygen atoms in total. The van der Waals surface area contributed by atoms with Crippen LogP contribution < -0.4 is 0 Å². The van der Waals surface area contributed by atoms with Crippen LogP contribution in [0.1, 0.15) is 44.2 Å². The molecule has 0 unspecified atom stereocenters. The van der Waals surface area contributed by atoms with E-state index >= 15 is 0 Å². The Hall–Kier alpha value is -2.51. The van der Waals surface area contributed by atoms with Gasteiger partial charge < -0.3 is 0 Å². The van der Waals surface area contributed by atoms with E-state index in [1.54, 1.807) is 0 Å². The maximum Gasteiger partial charge on any atom is 0.159 e. The van der Waals surface area contributed by atoms with Gasteiger partial charge in [0.15, 0.2) is 5.78 Å². The van der Waals surface area contributed by atoms with Gasteiger partial charge in [0.2, 0.25) is 0 Å². The summed E-state index contributed by atoms with van der Waals surface area (Å²) in [5.41, 5.74) is 2.86. The molecular formula is C24H23NO2S. The second-order valence-electron chi connectivity index (χ2n) is 8.39. The Morgan fingerprint density at radius 2 is 1.71 bits per heavy atom. The van der Waals surface area contributed by atoms with Crippen LogP contribution in [0.5, 0.6) is 0 Å². The Bertz CT molecular complexity index is 1080. The highest BCUT2D eigenvalue weighted by Crippen LogP contribution is 2.60. The van der Waals surface area contributed by atoms with E-state index in [9.17, 15) is 14.3 Å². The summed E-state index contributed by atoms with van der Waals surface area (Å²) in [6.07, 6.45) is 1.61. The van der Waals surface area contributed by atoms with Crippen molar-refractivity contribution in [1.82, 2.24) is 0 Å². The molecule has 4 heteroatoms. The quantitative estimate of drug-likeness (QED) is 0.741. The van der Waals surface area contributed by atoms with Crippen LogP contribution in [0.4, 0.5) is 0 Å². The third kappa shape index (κ3) is 2.77. The van der Waals surface area contributed by atoms with Crippen LogP contribution in [0.3, 0.4) is 0 Å². The molecule has 3 atom stereocenters. The fourth-order valence-corrected chi connectivity index (χ4v) is 6.20. The molecule has 28 heavy (non-hydrogen) atoms. The van der Waals surface area contributed by atoms with Crippen molar-refractivity contribution in [2.75, 3.05) is 0 Å². The highest BCUT2D eigenvalue weighted by molar-refractivity contribution is 7.85. The summed E-state index contributed by atoms with van der Waals surface area (Å²) in [7, 11) is -1.36. The SMILES string of the molecule is CC1=C2C[C@@](C#N)(c3ccccc3[S@@](=O)c3ccc(C)cc3)C[C@]2(C)CC1=O. The molecule has 0 saturated heterocycles. The molecule has 0 aliphatic heterocycles. The van der Waals surface area contributed by atoms with Gasteiger partial charge in [-0.2, -0.15) is 5.26 Å². The Labute approximate surface area is 168 Å². The minimum absolute atomic E-state index is 0.195. The van der Waals surface area contributed by atoms with Crippen LogP contribution in [0.25, 0.3) is 0 Å². The zero-order valence-corrected chi connectivity index (χ0v) is 17.2. The molecule has 142 valence electrons. The van der Waals surface area contributed by atoms with E-state index in [1.165, 1.54) is 0 Å². The highest BCUT2D eigenvalue weighted by atomic mass is 32.2. The largest absolute Gasteiger partial charge is 0.295 e. The van der Waals surface area contributed by atoms with Crippen molar-refractivity contribution in [1.29, 1.82) is 5.26 Å². The number of fused-ring (bicyclic) bond motifs is 1. The molecule has 2 aromatic rings. The Balaban J connectivity index is 1.82. The van der Waals surface area contributed by atoms with Gasteiger partial charge in [-0.1, -0.05) is 48.4 Å². The number of carbonyl (C=O) groups excluding carboxylic acids is 1. The van der Waals surface area contributed by atoms with Crippen molar-refractivity contribution in [2.45, 2.75) is 55.2 Å². The lowest BCUT2D eigenvalue weighted by Gasteiger charge is -2.27. The first kappa shape index (κ1) is 18.8. The minimum Gasteiger partial charge on any atom is -0.295 e. The number of ketones is 1. The zero-order chi connectivity index (χ0) is 20.1. The lowest BCUT2D eigenvalue weighted by atomic mass is 9.75. The summed E-state index contributed by atoms with van der Waals surface area (Å²) in [6.45, 7) is 5.97. The molecule has 2 aromatic carbocycles. The van der Waals surface area contributed by atoms with Gasteiger partial charge >= 0.3 is 0 Å². The van der Waals surface area contributed by atoms with E-state index in [-0.39, 0.29) is 11.2 Å². The summed E-state index contributed by atoms with van der Waals surface area (Å²) in [4.78, 5) is 13.7. The van der Waals surface area contributed by atoms with Gasteiger partial charge in [-0.05, 0) is 61.4 Å². The van der Waals surface area contributed by atoms with E-state index in [0.29, 0.717) is 24.2 Å². The number of rotatable bonds is 3. The first-order chi connectivity index (χ1) is 13.3. The summed E-state index contributed by atoms with van der Waals surface area (Å²) < 4.78 is 13.4. The fraction of sp³-hybridized carbons (Fsp3) is 0.333. The van der Waals surface area contributed by atoms with E-state index in [1.807, 2.05) is 62.4 Å². The summed E-state index contributed by atoms with van der Waals surface area (Å²) in [5, 5.41) is 10.2. The third-order valence-corrected chi connectivity index (χ3v) is 7.83. The standard InChI is InChI=1S/C24H23NO2S/c1-16-8-10-18(11-9-16)28(27)22-7-5-4-6-19(22)24(15-25)12-20-17(2)21(26)13-23(20,3)14-24/h4-11H,12-14H2,1-3H3/t23-,24+,28-/m0/s1. The number of nitrogens with zero attached hydrogens (tertiary/aromatic N) is 1. The van der Waals surface area contributed by atoms with Crippen LogP contribution in [-0.4, -0.2) is 9.99 Å². The third-order valence-electron chi connectivity index (χ3n) is 6.37. The molecule has 0 N–H and O–H groups in total. The van der Waals surface area contributed by atoms with Crippen molar-refractivity contribution in [2.24, 2.45) is 5.41 Å². The molecule has 0 spiro atoms. The van der Waals surface area contributed by atoms with Gasteiger partial charge in [0.1, 0.15) is 0 Å². The van der Waals surface area contributed by atoms with E-state index in [0.717, 1.165) is 27.2 Å². The molecular weight excluding hydrogens is 366 g/mol. The van der Waals surface area contributed by atoms with Crippen LogP contribution in [-0.2, 0) is 21.0 Å². The Morgan fingerprint density at radius 1 is 1.04 bits per heavy atom. The number of hydrogen-bond acceptors (Lipinski definition) is 3. The van der Waals surface area contributed by atoms with Gasteiger partial charge in [-0.25, -0.2) is 4.21 Å². The second kappa shape index (κ2) is 6.53. The number of allylic oxidation sites excluding steroid dienone is 2. The monoisotopic (exact) mass is 389 g/mol. The normalized spacial score (nSPS) is 27.6. The maximum atomic E-state index is 13.4. The molecule has 1 fully saturated rings. The lowest BCUT2D eigenvalue weighted by molar-refractivity contribution is -0.116. The molecule has 0 radical (unpaired) electrons. The first-order valence-corrected chi connectivity index (χ1v) is 10.7. The number of benzene rings is 2. The molecule has 1 saturated carbocycles. The Morgan fingerprint density at radius 3 is 2.36 bits per heavy atom. The topological polar surface area (TPSA) is 57.9 Å². The number of Topliss-reactive ketones (excluding diaryl/α,β-unsaturated/α-hetero) is 1. The zero-order valence-electron chi connectivity index (χ0n) is 16.4. The number of carbonyl (C=O) groups is 1. The molecule has 4 rings (SSSR count). The molecule has 2 aliphatic carbocycles. The van der Waals surface area contributed by atoms with Gasteiger partial charge in [0.25, 0.3) is 0 Å². The molecule has 0 heterocycles. The molecule has 0 aromatic heterocycles. The predicted molar refractivity (Wildman–Crippen MR) is 109 cm³/mol. The van der Waals surface area contributed by atoms with E-state index in [4.69, 9.17) is 0 Å². The number of aryl methyl sites for hydroxylation is 1. The predicted octanol–water partition coefficient (Wildman–Crippen LogP) is 5.01. The lowest BCUT2D eigenvalue weighted by Crippen LogP contribution is -2.25. The molecule has 2 aliphatic rings. The second-order valence-corrected chi connectivity index (χ2v) is 9.84. The minimum atomic E-state index is -1.36. The number of hydrogen-bond donors (Lipinski definition) is 0. The van der Waals surface area contributed by atoms with Gasteiger partial charge in [-0.15, -0.1) is 0 Å². The van der Waals surface area contributed by atoms with Crippen molar-refractivity contribution < 1.29 is 9.00 Å². The summed E-state index contributed by atoms with van der Waals surface area (Å²) in [6, 6.07) is 17.8. The van der Waals surface area contributed by atoms with Crippen molar-refractivity contribution >= 4 is 16.6 Å². The van der Waals surface area contributed by atoms with Crippen LogP contribution >= 0.6 is 0 Å². The van der Waals surface area contributed by atoms with E-state index in [2.05, 4.69) is 13.0 Å². The smallest absolute Gasteiger partial charge is 0.159 e. The van der Waals surface area contributed by atoms with Gasteiger partial charge in [0, 0.05) is 16.2 Å². The van der Waals surface area contributed by atoms with Crippen molar-refractivity contribution in [3.8, 4) is 6.07 Å². The van der Waals surface area contributed by atoms with Crippen LogP contribution in [0.2, 0.25) is 0 Å². The van der Waals surface area contributed by atoms with Crippen LogP contribution in [0, 0.1) is 23.7 Å². The molecule has 0 amide bonds. The fourth-order valence-electron chi connectivity index (χ4n) is 4.90. The average Bonchev–Trinajstić information content (AvgIpc) is 3.10. The van der Waals surface area contributed by atoms with Crippen molar-refractivity contribution in [3.63, 3.8) is 0 Å². The van der Waals surface area contributed by atoms with Gasteiger partial charge in [0.05, 0.1) is 22.3 Å². The first-order valence-electron chi connectivity index (χ1n) is 9.52. The molecule has 0 bridgehead atoms. The summed E-state index contributed by atoms with van der Waals surface area (Å²) in [5.74, 6) is 0.195. The maximum absolute atomic E-state index is 13.4. The van der Waals surface area contributed by atoms with Crippen molar-refractivity contribution in [3.05, 3.63) is 70.8 Å². The van der Waals surface area contributed by atoms with Crippen LogP contribution in [0.15, 0.2) is 69.5 Å². The summed E-state index contributed by atoms with van der Waals surface area (Å²) >= 11 is 0. The highest BCUT2D eigenvalue weighted by Gasteiger charge is 2.55. The Kier molecular flexibility index (Phi) is 4.39. The van der Waals surface area contributed by atoms with Gasteiger partial charge in [-0.3, -0.25) is 4.79 Å². The average molecular weight is 390 g/mol. The van der Waals surface area contributed by atoms with E-state index < -0.39 is 16.2 Å². The number of nitriles is 1.